The van der Waals surface area contributed by atoms with Crippen LogP contribution in [0.5, 0.6) is 0 Å². The van der Waals surface area contributed by atoms with Crippen LogP contribution in [0.4, 0.5) is 0 Å². The van der Waals surface area contributed by atoms with Crippen LogP contribution in [0, 0.1) is 0 Å². The molecule has 2 heterocycles. The summed E-state index contributed by atoms with van der Waals surface area (Å²) < 4.78 is 5.45. The van der Waals surface area contributed by atoms with Gasteiger partial charge in [0, 0.05) is 25.5 Å². The van der Waals surface area contributed by atoms with E-state index >= 15 is 0 Å². The fourth-order valence-electron chi connectivity index (χ4n) is 2.24. The average molecular weight is 325 g/mol. The third kappa shape index (κ3) is 3.09. The molecule has 0 saturated carbocycles. The Hall–Kier alpha value is -1.07. The van der Waals surface area contributed by atoms with Crippen molar-refractivity contribution in [1.29, 1.82) is 0 Å². The molecule has 1 N–H and O–H groups in total. The molecule has 2 aromatic heterocycles. The second-order valence-electron chi connectivity index (χ2n) is 4.60. The third-order valence-corrected chi connectivity index (χ3v) is 4.13. The van der Waals surface area contributed by atoms with Crippen molar-refractivity contribution in [3.63, 3.8) is 0 Å². The molecule has 4 nitrogen and oxygen atoms in total. The molecule has 0 aromatic carbocycles. The number of nitrogens with one attached hydrogen (secondary N) is 1. The van der Waals surface area contributed by atoms with E-state index in [-0.39, 0.29) is 0 Å². The third-order valence-electron chi connectivity index (χ3n) is 3.22. The summed E-state index contributed by atoms with van der Waals surface area (Å²) in [4.78, 5) is 0. The minimum atomic E-state index is 0.852. The average Bonchev–Trinajstić information content (AvgIpc) is 2.97. The predicted octanol–water partition coefficient (Wildman–Crippen LogP) is 2.80. The van der Waals surface area contributed by atoms with Crippen molar-refractivity contribution in [1.82, 2.24) is 19.7 Å². The molecule has 0 fully saturated rings. The van der Waals surface area contributed by atoms with Gasteiger partial charge >= 0.3 is 0 Å². The molecule has 2 aromatic rings. The number of halogens is 1. The first-order valence-electron chi connectivity index (χ1n) is 6.72. The number of aryl methyl sites for hydroxylation is 2. The highest BCUT2D eigenvalue weighted by molar-refractivity contribution is 9.10. The van der Waals surface area contributed by atoms with Crippen molar-refractivity contribution < 1.29 is 0 Å². The van der Waals surface area contributed by atoms with Crippen molar-refractivity contribution in [3.8, 4) is 0 Å². The Morgan fingerprint density at radius 1 is 1.37 bits per heavy atom. The highest BCUT2D eigenvalue weighted by Gasteiger charge is 2.14. The van der Waals surface area contributed by atoms with Gasteiger partial charge in [0.1, 0.15) is 0 Å². The van der Waals surface area contributed by atoms with Crippen molar-refractivity contribution in [2.24, 2.45) is 0 Å². The van der Waals surface area contributed by atoms with Crippen molar-refractivity contribution in [2.45, 2.75) is 39.9 Å². The molecule has 0 radical (unpaired) electrons. The lowest BCUT2D eigenvalue weighted by atomic mass is 10.3. The zero-order valence-electron chi connectivity index (χ0n) is 11.8. The van der Waals surface area contributed by atoms with Gasteiger partial charge in [0.05, 0.1) is 22.4 Å². The topological polar surface area (TPSA) is 34.8 Å². The maximum absolute atomic E-state index is 4.63. The Bertz CT molecular complexity index is 542. The molecule has 0 aliphatic rings. The van der Waals surface area contributed by atoms with E-state index in [0.717, 1.165) is 36.2 Å². The van der Waals surface area contributed by atoms with Crippen LogP contribution in [0.15, 0.2) is 22.9 Å². The minimum Gasteiger partial charge on any atom is -0.348 e. The normalized spacial score (nSPS) is 11.2. The fourth-order valence-corrected chi connectivity index (χ4v) is 2.93. The van der Waals surface area contributed by atoms with E-state index in [0.29, 0.717) is 0 Å². The second-order valence-corrected chi connectivity index (χ2v) is 5.39. The van der Waals surface area contributed by atoms with E-state index in [4.69, 9.17) is 0 Å². The molecule has 0 atom stereocenters. The molecule has 0 bridgehead atoms. The van der Waals surface area contributed by atoms with Gasteiger partial charge in [-0.15, -0.1) is 0 Å². The fraction of sp³-hybridized carbons (Fsp3) is 0.500. The largest absolute Gasteiger partial charge is 0.348 e. The van der Waals surface area contributed by atoms with E-state index in [1.165, 1.54) is 11.3 Å². The Balaban J connectivity index is 2.23. The van der Waals surface area contributed by atoms with Gasteiger partial charge in [0.15, 0.2) is 0 Å². The second kappa shape index (κ2) is 6.39. The molecule has 0 saturated heterocycles. The maximum Gasteiger partial charge on any atom is 0.0767 e. The number of aromatic nitrogens is 3. The Morgan fingerprint density at radius 2 is 2.16 bits per heavy atom. The summed E-state index contributed by atoms with van der Waals surface area (Å²) in [6.07, 6.45) is 5.26. The molecule has 19 heavy (non-hydrogen) atoms. The number of nitrogens with zero attached hydrogens (tertiary/aromatic N) is 3. The van der Waals surface area contributed by atoms with Crippen LogP contribution in [0.3, 0.4) is 0 Å². The van der Waals surface area contributed by atoms with Crippen LogP contribution in [0.2, 0.25) is 0 Å². The highest BCUT2D eigenvalue weighted by Crippen LogP contribution is 2.23. The molecule has 5 heteroatoms. The van der Waals surface area contributed by atoms with Crippen molar-refractivity contribution >= 4 is 15.9 Å². The zero-order chi connectivity index (χ0) is 13.8. The summed E-state index contributed by atoms with van der Waals surface area (Å²) in [5, 5.41) is 7.80. The molecule has 0 spiro atoms. The Labute approximate surface area is 122 Å². The first kappa shape index (κ1) is 14.3. The van der Waals surface area contributed by atoms with Crippen LogP contribution in [0.25, 0.3) is 0 Å². The lowest BCUT2D eigenvalue weighted by Crippen LogP contribution is -2.08. The monoisotopic (exact) mass is 324 g/mol. The van der Waals surface area contributed by atoms with E-state index in [1.54, 1.807) is 0 Å². The molecule has 0 aliphatic heterocycles. The molecule has 0 aliphatic carbocycles. The van der Waals surface area contributed by atoms with Gasteiger partial charge in [-0.2, -0.15) is 5.10 Å². The van der Waals surface area contributed by atoms with E-state index in [9.17, 15) is 0 Å². The maximum atomic E-state index is 4.63. The van der Waals surface area contributed by atoms with E-state index in [1.807, 2.05) is 7.05 Å². The van der Waals surface area contributed by atoms with Gasteiger partial charge < -0.3 is 9.88 Å². The van der Waals surface area contributed by atoms with Gasteiger partial charge in [-0.05, 0) is 48.0 Å². The Morgan fingerprint density at radius 3 is 2.79 bits per heavy atom. The van der Waals surface area contributed by atoms with E-state index < -0.39 is 0 Å². The van der Waals surface area contributed by atoms with E-state index in [2.05, 4.69) is 67.9 Å². The predicted molar refractivity (Wildman–Crippen MR) is 81.3 cm³/mol. The van der Waals surface area contributed by atoms with Gasteiger partial charge in [0.2, 0.25) is 0 Å². The lowest BCUT2D eigenvalue weighted by Gasteiger charge is -2.06. The standard InChI is InChI=1S/C14H21BrN4/c1-4-12-14(15)13(19(5-2)17-12)10-18-7-6-11(9-18)8-16-3/h6-7,9,16H,4-5,8,10H2,1-3H3. The molecular formula is C14H21BrN4. The quantitative estimate of drug-likeness (QED) is 0.886. The van der Waals surface area contributed by atoms with Crippen molar-refractivity contribution in [3.05, 3.63) is 39.9 Å². The molecule has 0 amide bonds. The molecule has 2 rings (SSSR count). The van der Waals surface area contributed by atoms with Gasteiger partial charge in [-0.3, -0.25) is 4.68 Å². The number of hydrogen-bond donors (Lipinski definition) is 1. The van der Waals surface area contributed by atoms with Gasteiger partial charge in [0.25, 0.3) is 0 Å². The first-order valence-corrected chi connectivity index (χ1v) is 7.52. The van der Waals surface area contributed by atoms with Gasteiger partial charge in [-0.1, -0.05) is 6.92 Å². The SMILES string of the molecule is CCc1nn(CC)c(Cn2ccc(CNC)c2)c1Br. The zero-order valence-corrected chi connectivity index (χ0v) is 13.4. The summed E-state index contributed by atoms with van der Waals surface area (Å²) in [7, 11) is 1.97. The molecule has 0 unspecified atom stereocenters. The van der Waals surface area contributed by atoms with Crippen LogP contribution in [0.1, 0.15) is 30.8 Å². The number of hydrogen-bond acceptors (Lipinski definition) is 2. The lowest BCUT2D eigenvalue weighted by molar-refractivity contribution is 0.594. The van der Waals surface area contributed by atoms with Crippen LogP contribution in [-0.2, 0) is 26.1 Å². The summed E-state index contributed by atoms with van der Waals surface area (Å²) in [5.74, 6) is 0. The molecule has 104 valence electrons. The molecular weight excluding hydrogens is 304 g/mol. The first-order chi connectivity index (χ1) is 9.19. The smallest absolute Gasteiger partial charge is 0.0767 e. The summed E-state index contributed by atoms with van der Waals surface area (Å²) in [6, 6.07) is 2.15. The van der Waals surface area contributed by atoms with Gasteiger partial charge in [-0.25, -0.2) is 0 Å². The minimum absolute atomic E-state index is 0.852. The van der Waals surface area contributed by atoms with Crippen LogP contribution < -0.4 is 5.32 Å². The van der Waals surface area contributed by atoms with Crippen molar-refractivity contribution in [2.75, 3.05) is 7.05 Å². The van der Waals surface area contributed by atoms with Crippen LogP contribution in [-0.4, -0.2) is 21.4 Å². The number of rotatable bonds is 6. The highest BCUT2D eigenvalue weighted by atomic mass is 79.9. The summed E-state index contributed by atoms with van der Waals surface area (Å²) >= 11 is 3.69. The van der Waals surface area contributed by atoms with Crippen LogP contribution >= 0.6 is 15.9 Å². The summed E-state index contributed by atoms with van der Waals surface area (Å²) in [5.41, 5.74) is 3.68. The summed E-state index contributed by atoms with van der Waals surface area (Å²) in [6.45, 7) is 6.92. The Kier molecular flexibility index (Phi) is 4.82.